The van der Waals surface area contributed by atoms with Gasteiger partial charge in [-0.05, 0) is 6.92 Å². The highest BCUT2D eigenvalue weighted by molar-refractivity contribution is 5.82. The third kappa shape index (κ3) is 1.69. The number of hydrogen-bond acceptors (Lipinski definition) is 5. The van der Waals surface area contributed by atoms with E-state index in [0.717, 1.165) is 0 Å². The third-order valence-electron chi connectivity index (χ3n) is 2.14. The lowest BCUT2D eigenvalue weighted by Crippen LogP contribution is -2.53. The molecule has 6 nitrogen and oxygen atoms in total. The summed E-state index contributed by atoms with van der Waals surface area (Å²) in [6.07, 6.45) is 3.11. The lowest BCUT2D eigenvalue weighted by molar-refractivity contribution is -0.124. The summed E-state index contributed by atoms with van der Waals surface area (Å²) in [5.74, 6) is 0.615. The third-order valence-corrected chi connectivity index (χ3v) is 2.14. The van der Waals surface area contributed by atoms with Crippen molar-refractivity contribution in [2.75, 3.05) is 6.54 Å². The number of carbonyl (C=O) groups excluding carboxylic acids is 1. The van der Waals surface area contributed by atoms with Gasteiger partial charge in [0.25, 0.3) is 0 Å². The fourth-order valence-corrected chi connectivity index (χ4v) is 1.38. The van der Waals surface area contributed by atoms with Crippen LogP contribution in [0.2, 0.25) is 0 Å². The second kappa shape index (κ2) is 3.67. The van der Waals surface area contributed by atoms with Gasteiger partial charge in [0.1, 0.15) is 0 Å². The molecule has 6 heteroatoms. The van der Waals surface area contributed by atoms with Crippen LogP contribution in [0.3, 0.4) is 0 Å². The van der Waals surface area contributed by atoms with Crippen LogP contribution in [0.15, 0.2) is 12.4 Å². The van der Waals surface area contributed by atoms with Crippen LogP contribution in [-0.4, -0.2) is 33.7 Å². The Morgan fingerprint density at radius 2 is 2.36 bits per heavy atom. The van der Waals surface area contributed by atoms with Crippen LogP contribution in [0.4, 0.5) is 0 Å². The van der Waals surface area contributed by atoms with Crippen molar-refractivity contribution in [2.45, 2.75) is 19.0 Å². The van der Waals surface area contributed by atoms with Gasteiger partial charge in [-0.2, -0.15) is 5.10 Å². The zero-order valence-electron chi connectivity index (χ0n) is 7.77. The van der Waals surface area contributed by atoms with E-state index in [4.69, 9.17) is 0 Å². The zero-order valence-corrected chi connectivity index (χ0v) is 7.77. The Morgan fingerprint density at radius 1 is 1.50 bits per heavy atom. The molecule has 2 unspecified atom stereocenters. The number of nitrogens with one attached hydrogen (secondary N) is 2. The number of nitrogens with zero attached hydrogens (tertiary/aromatic N) is 3. The molecule has 1 aliphatic rings. The molecule has 1 fully saturated rings. The zero-order chi connectivity index (χ0) is 9.97. The summed E-state index contributed by atoms with van der Waals surface area (Å²) in [6.45, 7) is 2.31. The van der Waals surface area contributed by atoms with Crippen molar-refractivity contribution >= 4 is 5.91 Å². The van der Waals surface area contributed by atoms with Gasteiger partial charge in [0.2, 0.25) is 5.91 Å². The van der Waals surface area contributed by atoms with Crippen molar-refractivity contribution in [1.29, 1.82) is 0 Å². The molecule has 2 atom stereocenters. The molecule has 0 spiro atoms. The molecular weight excluding hydrogens is 182 g/mol. The number of piperazine rings is 1. The minimum Gasteiger partial charge on any atom is -0.353 e. The molecule has 1 amide bonds. The van der Waals surface area contributed by atoms with Crippen molar-refractivity contribution in [3.8, 4) is 0 Å². The molecule has 2 rings (SSSR count). The van der Waals surface area contributed by atoms with Crippen molar-refractivity contribution in [2.24, 2.45) is 0 Å². The molecule has 74 valence electrons. The minimum atomic E-state index is -0.211. The Bertz CT molecular complexity index is 328. The first-order valence-electron chi connectivity index (χ1n) is 4.44. The van der Waals surface area contributed by atoms with Crippen molar-refractivity contribution < 1.29 is 4.79 Å². The van der Waals surface area contributed by atoms with E-state index in [1.165, 1.54) is 6.20 Å². The van der Waals surface area contributed by atoms with Gasteiger partial charge in [0, 0.05) is 12.7 Å². The molecule has 1 saturated heterocycles. The normalized spacial score (nSPS) is 27.1. The highest BCUT2D eigenvalue weighted by Crippen LogP contribution is 2.09. The van der Waals surface area contributed by atoms with Gasteiger partial charge >= 0.3 is 0 Å². The lowest BCUT2D eigenvalue weighted by atomic mass is 10.1. The summed E-state index contributed by atoms with van der Waals surface area (Å²) >= 11 is 0. The summed E-state index contributed by atoms with van der Waals surface area (Å²) in [5.41, 5.74) is 0. The van der Waals surface area contributed by atoms with Gasteiger partial charge in [-0.15, -0.1) is 5.10 Å². The van der Waals surface area contributed by atoms with E-state index < -0.39 is 0 Å². The predicted molar refractivity (Wildman–Crippen MR) is 48.2 cm³/mol. The lowest BCUT2D eigenvalue weighted by Gasteiger charge is -2.27. The van der Waals surface area contributed by atoms with Crippen LogP contribution in [-0.2, 0) is 4.79 Å². The average molecular weight is 193 g/mol. The Kier molecular flexibility index (Phi) is 2.36. The van der Waals surface area contributed by atoms with Gasteiger partial charge in [0.05, 0.1) is 18.3 Å². The number of hydrogen-bond donors (Lipinski definition) is 2. The quantitative estimate of drug-likeness (QED) is 0.599. The monoisotopic (exact) mass is 193 g/mol. The van der Waals surface area contributed by atoms with Gasteiger partial charge in [-0.1, -0.05) is 0 Å². The molecule has 0 saturated carbocycles. The Labute approximate surface area is 81.1 Å². The molecule has 0 radical (unpaired) electrons. The smallest absolute Gasteiger partial charge is 0.236 e. The molecule has 0 aliphatic carbocycles. The maximum Gasteiger partial charge on any atom is 0.236 e. The fourth-order valence-electron chi connectivity index (χ4n) is 1.38. The van der Waals surface area contributed by atoms with Crippen LogP contribution >= 0.6 is 0 Å². The molecule has 14 heavy (non-hydrogen) atoms. The average Bonchev–Trinajstić information content (AvgIpc) is 2.23. The van der Waals surface area contributed by atoms with E-state index in [2.05, 4.69) is 25.8 Å². The molecular formula is C8H11N5O. The Hall–Kier alpha value is -1.56. The number of carbonyl (C=O) groups is 1. The van der Waals surface area contributed by atoms with Crippen LogP contribution in [0.5, 0.6) is 0 Å². The largest absolute Gasteiger partial charge is 0.353 e. The van der Waals surface area contributed by atoms with Crippen molar-refractivity contribution in [3.05, 3.63) is 18.2 Å². The van der Waals surface area contributed by atoms with Gasteiger partial charge < -0.3 is 5.32 Å². The summed E-state index contributed by atoms with van der Waals surface area (Å²) < 4.78 is 0. The molecule has 2 N–H and O–H groups in total. The molecule has 1 aliphatic heterocycles. The van der Waals surface area contributed by atoms with Crippen LogP contribution < -0.4 is 10.6 Å². The summed E-state index contributed by atoms with van der Waals surface area (Å²) in [7, 11) is 0. The highest BCUT2D eigenvalue weighted by Gasteiger charge is 2.26. The highest BCUT2D eigenvalue weighted by atomic mass is 16.2. The van der Waals surface area contributed by atoms with Gasteiger partial charge in [-0.25, -0.2) is 4.98 Å². The summed E-state index contributed by atoms with van der Waals surface area (Å²) in [4.78, 5) is 15.2. The Morgan fingerprint density at radius 3 is 3.00 bits per heavy atom. The summed E-state index contributed by atoms with van der Waals surface area (Å²) in [5, 5.41) is 13.5. The first kappa shape index (κ1) is 9.01. The van der Waals surface area contributed by atoms with E-state index in [-0.39, 0.29) is 18.0 Å². The fraction of sp³-hybridized carbons (Fsp3) is 0.500. The first-order chi connectivity index (χ1) is 6.77. The van der Waals surface area contributed by atoms with Crippen LogP contribution in [0.1, 0.15) is 18.8 Å². The molecule has 0 bridgehead atoms. The maximum absolute atomic E-state index is 11.1. The SMILES string of the molecule is CC1NC(c2nccnn2)CNC1=O. The van der Waals surface area contributed by atoms with E-state index in [0.29, 0.717) is 12.4 Å². The molecule has 1 aromatic heterocycles. The standard InChI is InChI=1S/C8H11N5O/c1-5-8(14)10-4-6(12-5)7-9-2-3-11-13-7/h2-3,5-6,12H,4H2,1H3,(H,10,14). The summed E-state index contributed by atoms with van der Waals surface area (Å²) in [6, 6.07) is -0.256. The van der Waals surface area contributed by atoms with Crippen molar-refractivity contribution in [1.82, 2.24) is 25.8 Å². The second-order valence-corrected chi connectivity index (χ2v) is 3.19. The maximum atomic E-state index is 11.1. The van der Waals surface area contributed by atoms with Crippen molar-refractivity contribution in [3.63, 3.8) is 0 Å². The van der Waals surface area contributed by atoms with E-state index >= 15 is 0 Å². The first-order valence-corrected chi connectivity index (χ1v) is 4.44. The molecule has 2 heterocycles. The minimum absolute atomic E-state index is 0.00476. The topological polar surface area (TPSA) is 79.8 Å². The molecule has 0 aromatic carbocycles. The number of aromatic nitrogens is 3. The number of rotatable bonds is 1. The Balaban J connectivity index is 2.11. The van der Waals surface area contributed by atoms with E-state index in [1.54, 1.807) is 13.1 Å². The predicted octanol–water partition coefficient (Wildman–Crippen LogP) is -0.979. The molecule has 1 aromatic rings. The van der Waals surface area contributed by atoms with Crippen LogP contribution in [0, 0.1) is 0 Å². The van der Waals surface area contributed by atoms with E-state index in [9.17, 15) is 4.79 Å². The number of amides is 1. The van der Waals surface area contributed by atoms with Gasteiger partial charge in [0.15, 0.2) is 5.82 Å². The second-order valence-electron chi connectivity index (χ2n) is 3.19. The van der Waals surface area contributed by atoms with E-state index in [1.807, 2.05) is 0 Å². The van der Waals surface area contributed by atoms with Gasteiger partial charge in [-0.3, -0.25) is 10.1 Å². The van der Waals surface area contributed by atoms with Crippen LogP contribution in [0.25, 0.3) is 0 Å².